The van der Waals surface area contributed by atoms with Crippen molar-refractivity contribution in [3.8, 4) is 11.1 Å². The van der Waals surface area contributed by atoms with Crippen LogP contribution in [0.25, 0.3) is 27.6 Å². The third-order valence-corrected chi connectivity index (χ3v) is 5.51. The van der Waals surface area contributed by atoms with Crippen LogP contribution in [0.3, 0.4) is 0 Å². The van der Waals surface area contributed by atoms with E-state index in [1.54, 1.807) is 24.3 Å². The number of anilines is 2. The minimum absolute atomic E-state index is 0.0228. The first-order valence-electron chi connectivity index (χ1n) is 10.1. The lowest BCUT2D eigenvalue weighted by Crippen LogP contribution is -2.14. The van der Waals surface area contributed by atoms with E-state index in [0.717, 1.165) is 17.7 Å². The van der Waals surface area contributed by atoms with Crippen LogP contribution in [0.1, 0.15) is 5.82 Å². The van der Waals surface area contributed by atoms with Crippen LogP contribution < -0.4 is 10.6 Å². The summed E-state index contributed by atoms with van der Waals surface area (Å²) in [5, 5.41) is 6.95. The van der Waals surface area contributed by atoms with Crippen molar-refractivity contribution in [1.29, 1.82) is 0 Å². The second kappa shape index (κ2) is 8.60. The number of hydrogen-bond donors (Lipinski definition) is 2. The molecule has 4 nitrogen and oxygen atoms in total. The van der Waals surface area contributed by atoms with Crippen LogP contribution in [0.15, 0.2) is 72.9 Å². The van der Waals surface area contributed by atoms with E-state index < -0.39 is 17.5 Å². The van der Waals surface area contributed by atoms with Gasteiger partial charge in [-0.25, -0.2) is 23.1 Å². The molecule has 1 aliphatic heterocycles. The fraction of sp³-hybridized carbons (Fsp3) is 0.0400. The average Bonchev–Trinajstić information content (AvgIpc) is 2.83. The van der Waals surface area contributed by atoms with Crippen molar-refractivity contribution in [2.24, 2.45) is 0 Å². The Morgan fingerprint density at radius 1 is 0.848 bits per heavy atom. The number of nitrogens with zero attached hydrogens (tertiary/aromatic N) is 2. The maximum absolute atomic E-state index is 13.8. The topological polar surface area (TPSA) is 49.8 Å². The van der Waals surface area contributed by atoms with E-state index in [1.807, 2.05) is 18.4 Å². The predicted molar refractivity (Wildman–Crippen MR) is 125 cm³/mol. The average molecular weight is 465 g/mol. The Labute approximate surface area is 192 Å². The molecule has 5 rings (SSSR count). The molecule has 0 amide bonds. The molecule has 0 bridgehead atoms. The summed E-state index contributed by atoms with van der Waals surface area (Å²) >= 11 is 5.95. The maximum atomic E-state index is 13.8. The van der Waals surface area contributed by atoms with Gasteiger partial charge in [0.1, 0.15) is 11.6 Å². The van der Waals surface area contributed by atoms with Gasteiger partial charge in [0.05, 0.1) is 10.5 Å². The van der Waals surface area contributed by atoms with E-state index >= 15 is 0 Å². The number of nitrogens with one attached hydrogen (secondary N) is 2. The Balaban J connectivity index is 1.66. The molecular weight excluding hydrogens is 449 g/mol. The Morgan fingerprint density at radius 2 is 1.64 bits per heavy atom. The van der Waals surface area contributed by atoms with Gasteiger partial charge in [0.15, 0.2) is 17.5 Å². The van der Waals surface area contributed by atoms with Gasteiger partial charge in [-0.1, -0.05) is 29.8 Å². The summed E-state index contributed by atoms with van der Waals surface area (Å²) < 4.78 is 40.8. The lowest BCUT2D eigenvalue weighted by Gasteiger charge is -2.15. The third kappa shape index (κ3) is 4.27. The molecule has 0 radical (unpaired) electrons. The van der Waals surface area contributed by atoms with Gasteiger partial charge in [-0.3, -0.25) is 0 Å². The summed E-state index contributed by atoms with van der Waals surface area (Å²) in [6.45, 7) is 0.566. The lowest BCUT2D eigenvalue weighted by molar-refractivity contribution is 0.509. The van der Waals surface area contributed by atoms with E-state index in [-0.39, 0.29) is 5.02 Å². The molecule has 0 aliphatic carbocycles. The van der Waals surface area contributed by atoms with E-state index in [1.165, 1.54) is 18.2 Å². The molecule has 2 heterocycles. The van der Waals surface area contributed by atoms with Gasteiger partial charge >= 0.3 is 0 Å². The van der Waals surface area contributed by atoms with Crippen LogP contribution in [0.5, 0.6) is 0 Å². The maximum Gasteiger partial charge on any atom is 0.159 e. The summed E-state index contributed by atoms with van der Waals surface area (Å²) in [7, 11) is 0. The third-order valence-electron chi connectivity index (χ3n) is 5.22. The number of fused-ring (bicyclic) bond motifs is 1. The highest BCUT2D eigenvalue weighted by Crippen LogP contribution is 2.32. The molecule has 1 aromatic heterocycles. The molecular formula is C25H16ClF3N4. The molecule has 33 heavy (non-hydrogen) atoms. The normalized spacial score (nSPS) is 13.0. The second-order valence-corrected chi connectivity index (χ2v) is 7.85. The van der Waals surface area contributed by atoms with Crippen molar-refractivity contribution in [2.75, 3.05) is 11.9 Å². The van der Waals surface area contributed by atoms with Gasteiger partial charge in [0.2, 0.25) is 0 Å². The molecule has 164 valence electrons. The number of allylic oxidation sites excluding steroid dienone is 2. The van der Waals surface area contributed by atoms with E-state index in [4.69, 9.17) is 16.6 Å². The highest BCUT2D eigenvalue weighted by molar-refractivity contribution is 6.31. The molecule has 8 heteroatoms. The van der Waals surface area contributed by atoms with E-state index in [2.05, 4.69) is 15.6 Å². The molecule has 0 saturated heterocycles. The molecule has 0 saturated carbocycles. The fourth-order valence-corrected chi connectivity index (χ4v) is 3.73. The SMILES string of the molecule is Fc1ccc(-c2ccc3nc(C4=CC=CNC4)nc(Nc4ccc(F)c(Cl)c4)c3c2)cc1F. The first-order chi connectivity index (χ1) is 16.0. The number of benzene rings is 3. The standard InChI is InChI=1S/C25H16ClF3N4/c26-19-12-17(5-7-20(19)27)31-25-18-10-14(15-3-6-21(28)22(29)11-15)4-8-23(18)32-24(33-25)16-2-1-9-30-13-16/h1-12,30H,13H2,(H,31,32,33). The number of halogens is 4. The van der Waals surface area contributed by atoms with Crippen LogP contribution in [0.2, 0.25) is 5.02 Å². The van der Waals surface area contributed by atoms with Gasteiger partial charge in [-0.05, 0) is 65.9 Å². The number of dihydropyridines is 1. The predicted octanol–water partition coefficient (Wildman–Crippen LogP) is 6.61. The molecule has 0 spiro atoms. The number of hydrogen-bond acceptors (Lipinski definition) is 4. The lowest BCUT2D eigenvalue weighted by atomic mass is 10.0. The minimum atomic E-state index is -0.928. The highest BCUT2D eigenvalue weighted by Gasteiger charge is 2.15. The first kappa shape index (κ1) is 21.0. The molecule has 3 aromatic carbocycles. The van der Waals surface area contributed by atoms with Crippen molar-refractivity contribution < 1.29 is 13.2 Å². The van der Waals surface area contributed by atoms with Crippen molar-refractivity contribution in [2.45, 2.75) is 0 Å². The molecule has 4 aromatic rings. The first-order valence-corrected chi connectivity index (χ1v) is 10.4. The van der Waals surface area contributed by atoms with Gasteiger partial charge in [-0.15, -0.1) is 0 Å². The zero-order chi connectivity index (χ0) is 22.9. The van der Waals surface area contributed by atoms with Gasteiger partial charge < -0.3 is 10.6 Å². The molecule has 1 aliphatic rings. The smallest absolute Gasteiger partial charge is 0.159 e. The highest BCUT2D eigenvalue weighted by atomic mass is 35.5. The zero-order valence-electron chi connectivity index (χ0n) is 17.0. The molecule has 2 N–H and O–H groups in total. The largest absolute Gasteiger partial charge is 0.387 e. The summed E-state index contributed by atoms with van der Waals surface area (Å²) in [6, 6.07) is 13.4. The van der Waals surface area contributed by atoms with E-state index in [9.17, 15) is 13.2 Å². The van der Waals surface area contributed by atoms with Crippen molar-refractivity contribution >= 4 is 39.6 Å². The van der Waals surface area contributed by atoms with Gasteiger partial charge in [-0.2, -0.15) is 0 Å². The summed E-state index contributed by atoms with van der Waals surface area (Å²) in [6.07, 6.45) is 5.62. The van der Waals surface area contributed by atoms with Crippen molar-refractivity contribution in [3.63, 3.8) is 0 Å². The number of aromatic nitrogens is 2. The molecule has 0 unspecified atom stereocenters. The Morgan fingerprint density at radius 3 is 2.39 bits per heavy atom. The van der Waals surface area contributed by atoms with Crippen molar-refractivity contribution in [1.82, 2.24) is 15.3 Å². The Hall–Kier alpha value is -3.84. The summed E-state index contributed by atoms with van der Waals surface area (Å²) in [5.74, 6) is -1.37. The van der Waals surface area contributed by atoms with Gasteiger partial charge in [0.25, 0.3) is 0 Å². The monoisotopic (exact) mass is 464 g/mol. The summed E-state index contributed by atoms with van der Waals surface area (Å²) in [5.41, 5.74) is 3.27. The van der Waals surface area contributed by atoms with Crippen LogP contribution in [0, 0.1) is 17.5 Å². The Bertz CT molecular complexity index is 1450. The Kier molecular flexibility index (Phi) is 5.48. The number of rotatable bonds is 4. The van der Waals surface area contributed by atoms with Crippen LogP contribution in [-0.4, -0.2) is 16.5 Å². The van der Waals surface area contributed by atoms with Crippen molar-refractivity contribution in [3.05, 3.63) is 101 Å². The van der Waals surface area contributed by atoms with Crippen LogP contribution >= 0.6 is 11.6 Å². The van der Waals surface area contributed by atoms with E-state index in [0.29, 0.717) is 45.9 Å². The van der Waals surface area contributed by atoms with Crippen LogP contribution in [-0.2, 0) is 0 Å². The minimum Gasteiger partial charge on any atom is -0.387 e. The second-order valence-electron chi connectivity index (χ2n) is 7.44. The molecule has 0 fully saturated rings. The van der Waals surface area contributed by atoms with Crippen LogP contribution in [0.4, 0.5) is 24.7 Å². The fourth-order valence-electron chi connectivity index (χ4n) is 3.55. The summed E-state index contributed by atoms with van der Waals surface area (Å²) in [4.78, 5) is 9.39. The zero-order valence-corrected chi connectivity index (χ0v) is 17.8. The van der Waals surface area contributed by atoms with Gasteiger partial charge in [0, 0.05) is 23.2 Å². The molecule has 0 atom stereocenters. The quantitative estimate of drug-likeness (QED) is 0.357.